The third-order valence-electron chi connectivity index (χ3n) is 4.29. The largest absolute Gasteiger partial charge is 0.311 e. The molecule has 0 fully saturated rings. The van der Waals surface area contributed by atoms with Crippen LogP contribution in [0, 0.1) is 0 Å². The fraction of sp³-hybridized carbons (Fsp3) is 0.0556. The summed E-state index contributed by atoms with van der Waals surface area (Å²) in [5.74, 6) is -0.105. The van der Waals surface area contributed by atoms with Crippen molar-refractivity contribution >= 4 is 49.7 Å². The zero-order chi connectivity index (χ0) is 17.8. The number of nitrogens with zero attached hydrogens (tertiary/aromatic N) is 1. The fourth-order valence-corrected chi connectivity index (χ4v) is 4.69. The van der Waals surface area contributed by atoms with Gasteiger partial charge in [0.15, 0.2) is 0 Å². The van der Waals surface area contributed by atoms with Crippen LogP contribution in [0.3, 0.4) is 0 Å². The first-order chi connectivity index (χ1) is 11.9. The minimum Gasteiger partial charge on any atom is -0.311 e. The molecule has 0 atom stereocenters. The molecule has 0 aliphatic carbocycles. The summed E-state index contributed by atoms with van der Waals surface area (Å²) in [6, 6.07) is 14.9. The van der Waals surface area contributed by atoms with Gasteiger partial charge in [-0.2, -0.15) is 0 Å². The van der Waals surface area contributed by atoms with E-state index in [1.54, 1.807) is 54.4 Å². The number of benzene rings is 3. The van der Waals surface area contributed by atoms with E-state index >= 15 is 0 Å². The van der Waals surface area contributed by atoms with Gasteiger partial charge in [0.05, 0.1) is 16.4 Å². The minimum absolute atomic E-state index is 0.00751. The topological polar surface area (TPSA) is 66.5 Å². The Balaban J connectivity index is 1.88. The molecule has 4 rings (SSSR count). The Kier molecular flexibility index (Phi) is 3.49. The Morgan fingerprint density at radius 3 is 2.52 bits per heavy atom. The van der Waals surface area contributed by atoms with Crippen molar-refractivity contribution in [2.75, 3.05) is 16.7 Å². The van der Waals surface area contributed by atoms with Crippen LogP contribution in [0.5, 0.6) is 0 Å². The molecule has 0 saturated carbocycles. The van der Waals surface area contributed by atoms with Gasteiger partial charge in [-0.3, -0.25) is 9.52 Å². The van der Waals surface area contributed by atoms with Gasteiger partial charge < -0.3 is 4.90 Å². The van der Waals surface area contributed by atoms with Gasteiger partial charge >= 0.3 is 0 Å². The summed E-state index contributed by atoms with van der Waals surface area (Å²) < 4.78 is 28.0. The summed E-state index contributed by atoms with van der Waals surface area (Å²) >= 11 is 6.02. The van der Waals surface area contributed by atoms with Crippen molar-refractivity contribution in [3.8, 4) is 0 Å². The molecule has 0 saturated heterocycles. The smallest absolute Gasteiger partial charge is 0.263 e. The lowest BCUT2D eigenvalue weighted by molar-refractivity contribution is 0.0999. The van der Waals surface area contributed by atoms with Crippen LogP contribution in [-0.2, 0) is 10.0 Å². The number of halogens is 1. The zero-order valence-corrected chi connectivity index (χ0v) is 14.7. The predicted octanol–water partition coefficient (Wildman–Crippen LogP) is 3.88. The van der Waals surface area contributed by atoms with Crippen molar-refractivity contribution in [2.45, 2.75) is 4.90 Å². The second kappa shape index (κ2) is 5.47. The van der Waals surface area contributed by atoms with E-state index in [9.17, 15) is 13.2 Å². The third kappa shape index (κ3) is 2.37. The monoisotopic (exact) mass is 372 g/mol. The van der Waals surface area contributed by atoms with E-state index < -0.39 is 10.0 Å². The Hall–Kier alpha value is -2.57. The van der Waals surface area contributed by atoms with Gasteiger partial charge in [-0.05, 0) is 30.3 Å². The molecule has 0 radical (unpaired) electrons. The Morgan fingerprint density at radius 1 is 1.00 bits per heavy atom. The summed E-state index contributed by atoms with van der Waals surface area (Å²) in [5.41, 5.74) is 1.73. The highest BCUT2D eigenvalue weighted by molar-refractivity contribution is 7.92. The maximum Gasteiger partial charge on any atom is 0.263 e. The highest BCUT2D eigenvalue weighted by atomic mass is 35.5. The average molecular weight is 373 g/mol. The summed E-state index contributed by atoms with van der Waals surface area (Å²) in [6.45, 7) is 0. The molecule has 5 nitrogen and oxygen atoms in total. The van der Waals surface area contributed by atoms with E-state index in [0.717, 1.165) is 11.1 Å². The number of hydrogen-bond acceptors (Lipinski definition) is 3. The Labute approximate surface area is 149 Å². The lowest BCUT2D eigenvalue weighted by atomic mass is 10.0. The molecule has 7 heteroatoms. The van der Waals surface area contributed by atoms with Crippen molar-refractivity contribution < 1.29 is 13.2 Å². The molecular weight excluding hydrogens is 360 g/mol. The second-order valence-electron chi connectivity index (χ2n) is 5.76. The quantitative estimate of drug-likeness (QED) is 0.758. The number of sulfonamides is 1. The molecule has 1 N–H and O–H groups in total. The molecule has 25 heavy (non-hydrogen) atoms. The SMILES string of the molecule is CN1C(=O)c2cccc3c(NS(=O)(=O)c4ccccc4Cl)ccc1c23. The van der Waals surface area contributed by atoms with Gasteiger partial charge in [0.1, 0.15) is 4.90 Å². The van der Waals surface area contributed by atoms with Gasteiger partial charge in [0, 0.05) is 23.4 Å². The standard InChI is InChI=1S/C18H13ClN2O3S/c1-21-15-10-9-14(11-5-4-6-12(17(11)15)18(21)22)20-25(23,24)16-8-3-2-7-13(16)19/h2-10,20H,1H3. The van der Waals surface area contributed by atoms with Crippen LogP contribution in [0.1, 0.15) is 10.4 Å². The molecule has 0 bridgehead atoms. The molecule has 1 heterocycles. The highest BCUT2D eigenvalue weighted by Gasteiger charge is 2.28. The van der Waals surface area contributed by atoms with E-state index in [2.05, 4.69) is 4.72 Å². The molecule has 1 amide bonds. The molecular formula is C18H13ClN2O3S. The Morgan fingerprint density at radius 2 is 1.76 bits per heavy atom. The predicted molar refractivity (Wildman–Crippen MR) is 98.9 cm³/mol. The first-order valence-corrected chi connectivity index (χ1v) is 9.37. The lowest BCUT2D eigenvalue weighted by Crippen LogP contribution is -2.20. The van der Waals surface area contributed by atoms with Gasteiger partial charge in [0.25, 0.3) is 15.9 Å². The maximum atomic E-state index is 12.7. The van der Waals surface area contributed by atoms with Crippen LogP contribution in [-0.4, -0.2) is 21.4 Å². The zero-order valence-electron chi connectivity index (χ0n) is 13.2. The van der Waals surface area contributed by atoms with Crippen LogP contribution in [0.25, 0.3) is 10.8 Å². The third-order valence-corrected chi connectivity index (χ3v) is 6.15. The first-order valence-electron chi connectivity index (χ1n) is 7.51. The molecule has 1 aliphatic rings. The summed E-state index contributed by atoms with van der Waals surface area (Å²) in [6.07, 6.45) is 0. The molecule has 3 aromatic carbocycles. The minimum atomic E-state index is -3.85. The van der Waals surface area contributed by atoms with E-state index in [-0.39, 0.29) is 15.8 Å². The number of hydrogen-bond donors (Lipinski definition) is 1. The van der Waals surface area contributed by atoms with Crippen molar-refractivity contribution in [3.63, 3.8) is 0 Å². The number of amides is 1. The summed E-state index contributed by atoms with van der Waals surface area (Å²) in [5, 5.41) is 1.56. The van der Waals surface area contributed by atoms with E-state index in [1.807, 2.05) is 0 Å². The number of anilines is 2. The summed E-state index contributed by atoms with van der Waals surface area (Å²) in [7, 11) is -2.15. The number of carbonyl (C=O) groups is 1. The normalized spacial score (nSPS) is 13.5. The number of nitrogens with one attached hydrogen (secondary N) is 1. The maximum absolute atomic E-state index is 12.7. The molecule has 1 aliphatic heterocycles. The molecule has 3 aromatic rings. The van der Waals surface area contributed by atoms with Crippen LogP contribution in [0.15, 0.2) is 59.5 Å². The molecule has 0 aromatic heterocycles. The van der Waals surface area contributed by atoms with Crippen molar-refractivity contribution in [1.29, 1.82) is 0 Å². The average Bonchev–Trinajstić information content (AvgIpc) is 2.84. The van der Waals surface area contributed by atoms with Gasteiger partial charge in [-0.1, -0.05) is 35.9 Å². The molecule has 0 spiro atoms. The number of rotatable bonds is 3. The number of carbonyl (C=O) groups excluding carboxylic acids is 1. The van der Waals surface area contributed by atoms with E-state index in [4.69, 9.17) is 11.6 Å². The fourth-order valence-electron chi connectivity index (χ4n) is 3.09. The van der Waals surface area contributed by atoms with Crippen LogP contribution >= 0.6 is 11.6 Å². The highest BCUT2D eigenvalue weighted by Crippen LogP contribution is 2.40. The van der Waals surface area contributed by atoms with Crippen LogP contribution < -0.4 is 9.62 Å². The Bertz CT molecular complexity index is 1140. The lowest BCUT2D eigenvalue weighted by Gasteiger charge is -2.14. The van der Waals surface area contributed by atoms with Crippen molar-refractivity contribution in [1.82, 2.24) is 0 Å². The first kappa shape index (κ1) is 15.9. The summed E-state index contributed by atoms with van der Waals surface area (Å²) in [4.78, 5) is 13.9. The van der Waals surface area contributed by atoms with Crippen LogP contribution in [0.2, 0.25) is 5.02 Å². The second-order valence-corrected chi connectivity index (χ2v) is 7.82. The van der Waals surface area contributed by atoms with Crippen molar-refractivity contribution in [3.05, 3.63) is 65.2 Å². The van der Waals surface area contributed by atoms with Crippen molar-refractivity contribution in [2.24, 2.45) is 0 Å². The van der Waals surface area contributed by atoms with Gasteiger partial charge in [-0.15, -0.1) is 0 Å². The van der Waals surface area contributed by atoms with Gasteiger partial charge in [-0.25, -0.2) is 8.42 Å². The van der Waals surface area contributed by atoms with E-state index in [0.29, 0.717) is 16.6 Å². The molecule has 126 valence electrons. The van der Waals surface area contributed by atoms with E-state index in [1.165, 1.54) is 12.1 Å². The van der Waals surface area contributed by atoms with Crippen LogP contribution in [0.4, 0.5) is 11.4 Å². The molecule has 0 unspecified atom stereocenters. The van der Waals surface area contributed by atoms with Gasteiger partial charge in [0.2, 0.25) is 0 Å².